The maximum Gasteiger partial charge on any atom is 0.338 e. The number of aromatic nitrogens is 1. The zero-order valence-corrected chi connectivity index (χ0v) is 12.6. The van der Waals surface area contributed by atoms with Gasteiger partial charge in [-0.3, -0.25) is 4.98 Å². The molecule has 0 aliphatic rings. The van der Waals surface area contributed by atoms with Gasteiger partial charge in [-0.15, -0.1) is 11.8 Å². The summed E-state index contributed by atoms with van der Waals surface area (Å²) in [6.07, 6.45) is 1.43. The molecule has 1 aromatic carbocycles. The number of nitrogens with zero attached hydrogens (tertiary/aromatic N) is 1. The summed E-state index contributed by atoms with van der Waals surface area (Å²) in [5.74, 6) is -0.174. The second-order valence-electron chi connectivity index (χ2n) is 4.91. The topological polar surface area (TPSA) is 50.2 Å². The van der Waals surface area contributed by atoms with Gasteiger partial charge < -0.3 is 5.11 Å². The first kappa shape index (κ1) is 14.6. The summed E-state index contributed by atoms with van der Waals surface area (Å²) in [5.41, 5.74) is 4.76. The van der Waals surface area contributed by atoms with Crippen LogP contribution >= 0.6 is 11.8 Å². The van der Waals surface area contributed by atoms with E-state index in [2.05, 4.69) is 37.0 Å². The van der Waals surface area contributed by atoms with Crippen LogP contribution in [0.2, 0.25) is 0 Å². The normalized spacial score (nSPS) is 10.6. The molecule has 0 fully saturated rings. The Morgan fingerprint density at radius 1 is 1.15 bits per heavy atom. The van der Waals surface area contributed by atoms with Crippen LogP contribution in [-0.4, -0.2) is 16.1 Å². The molecule has 2 aromatic rings. The Morgan fingerprint density at radius 3 is 2.40 bits per heavy atom. The molecule has 3 nitrogen and oxygen atoms in total. The van der Waals surface area contributed by atoms with Crippen LogP contribution in [0.15, 0.2) is 35.4 Å². The molecule has 0 amide bonds. The minimum Gasteiger partial charge on any atom is -0.478 e. The molecule has 20 heavy (non-hydrogen) atoms. The van der Waals surface area contributed by atoms with E-state index in [1.807, 2.05) is 13.0 Å². The van der Waals surface area contributed by atoms with Crippen molar-refractivity contribution in [3.63, 3.8) is 0 Å². The molecule has 104 valence electrons. The van der Waals surface area contributed by atoms with Crippen molar-refractivity contribution in [3.05, 3.63) is 58.4 Å². The van der Waals surface area contributed by atoms with Crippen LogP contribution in [-0.2, 0) is 5.75 Å². The van der Waals surface area contributed by atoms with Gasteiger partial charge in [0, 0.05) is 22.5 Å². The Bertz CT molecular complexity index is 633. The molecule has 4 heteroatoms. The summed E-state index contributed by atoms with van der Waals surface area (Å²) in [6.45, 7) is 6.01. The van der Waals surface area contributed by atoms with Crippen molar-refractivity contribution in [2.24, 2.45) is 0 Å². The highest BCUT2D eigenvalue weighted by atomic mass is 32.2. The van der Waals surface area contributed by atoms with E-state index in [-0.39, 0.29) is 5.56 Å². The highest BCUT2D eigenvalue weighted by molar-refractivity contribution is 7.98. The first-order valence-electron chi connectivity index (χ1n) is 6.35. The van der Waals surface area contributed by atoms with Crippen LogP contribution in [0.1, 0.15) is 32.7 Å². The van der Waals surface area contributed by atoms with Crippen molar-refractivity contribution in [3.8, 4) is 0 Å². The molecular formula is C16H17NO2S. The van der Waals surface area contributed by atoms with Crippen molar-refractivity contribution in [1.29, 1.82) is 0 Å². The molecule has 0 bridgehead atoms. The molecule has 1 heterocycles. The van der Waals surface area contributed by atoms with Crippen LogP contribution < -0.4 is 0 Å². The van der Waals surface area contributed by atoms with E-state index in [9.17, 15) is 9.90 Å². The van der Waals surface area contributed by atoms with Crippen LogP contribution in [0.4, 0.5) is 0 Å². The predicted octanol–water partition coefficient (Wildman–Crippen LogP) is 4.00. The Balaban J connectivity index is 2.22. The maximum atomic E-state index is 11.2. The lowest BCUT2D eigenvalue weighted by atomic mass is 10.1. The third-order valence-corrected chi connectivity index (χ3v) is 4.04. The predicted molar refractivity (Wildman–Crippen MR) is 81.4 cm³/mol. The van der Waals surface area contributed by atoms with E-state index in [1.54, 1.807) is 0 Å². The zero-order valence-electron chi connectivity index (χ0n) is 11.8. The maximum absolute atomic E-state index is 11.2. The van der Waals surface area contributed by atoms with Gasteiger partial charge in [0.25, 0.3) is 0 Å². The highest BCUT2D eigenvalue weighted by Crippen LogP contribution is 2.27. The summed E-state index contributed by atoms with van der Waals surface area (Å²) in [4.78, 5) is 16.0. The smallest absolute Gasteiger partial charge is 0.338 e. The average Bonchev–Trinajstić information content (AvgIpc) is 2.35. The molecule has 0 saturated carbocycles. The van der Waals surface area contributed by atoms with E-state index in [4.69, 9.17) is 0 Å². The highest BCUT2D eigenvalue weighted by Gasteiger charge is 2.11. The fourth-order valence-electron chi connectivity index (χ4n) is 2.13. The molecule has 2 rings (SSSR count). The molecule has 1 N–H and O–H groups in total. The van der Waals surface area contributed by atoms with Gasteiger partial charge in [-0.25, -0.2) is 4.79 Å². The third kappa shape index (κ3) is 3.61. The Hall–Kier alpha value is -1.81. The number of carbonyl (C=O) groups is 1. The van der Waals surface area contributed by atoms with Gasteiger partial charge >= 0.3 is 5.97 Å². The molecule has 1 aromatic heterocycles. The van der Waals surface area contributed by atoms with Gasteiger partial charge in [0.05, 0.1) is 5.56 Å². The fraction of sp³-hybridized carbons (Fsp3) is 0.250. The first-order chi connectivity index (χ1) is 9.45. The van der Waals surface area contributed by atoms with Crippen LogP contribution in [0, 0.1) is 20.8 Å². The number of thioether (sulfide) groups is 1. The zero-order chi connectivity index (χ0) is 14.7. The number of aromatic carboxylic acids is 1. The van der Waals surface area contributed by atoms with Crippen LogP contribution in [0.25, 0.3) is 0 Å². The SMILES string of the molecule is Cc1cc(C)cc(CSc2cc(C)ncc2C(=O)O)c1. The molecule has 0 aliphatic carbocycles. The molecule has 0 saturated heterocycles. The lowest BCUT2D eigenvalue weighted by molar-refractivity contribution is 0.0692. The Morgan fingerprint density at radius 2 is 1.80 bits per heavy atom. The quantitative estimate of drug-likeness (QED) is 0.864. The molecule has 0 unspecified atom stereocenters. The van der Waals surface area contributed by atoms with E-state index < -0.39 is 5.97 Å². The number of hydrogen-bond donors (Lipinski definition) is 1. The molecule has 0 radical (unpaired) electrons. The number of aryl methyl sites for hydroxylation is 3. The summed E-state index contributed by atoms with van der Waals surface area (Å²) in [5, 5.41) is 9.19. The van der Waals surface area contributed by atoms with Crippen molar-refractivity contribution >= 4 is 17.7 Å². The first-order valence-corrected chi connectivity index (χ1v) is 7.34. The lowest BCUT2D eigenvalue weighted by Gasteiger charge is -2.08. The van der Waals surface area contributed by atoms with Gasteiger partial charge in [-0.05, 0) is 32.4 Å². The summed E-state index contributed by atoms with van der Waals surface area (Å²) in [7, 11) is 0. The van der Waals surface area contributed by atoms with Gasteiger partial charge in [0.2, 0.25) is 0 Å². The Kier molecular flexibility index (Phi) is 4.45. The van der Waals surface area contributed by atoms with E-state index in [1.165, 1.54) is 34.6 Å². The van der Waals surface area contributed by atoms with Gasteiger partial charge in [-0.2, -0.15) is 0 Å². The fourth-order valence-corrected chi connectivity index (χ4v) is 3.17. The minimum absolute atomic E-state index is 0.268. The summed E-state index contributed by atoms with van der Waals surface area (Å²) >= 11 is 1.54. The monoisotopic (exact) mass is 287 g/mol. The standard InChI is InChI=1S/C16H17NO2S/c1-10-4-11(2)6-13(5-10)9-20-15-7-12(3)17-8-14(15)16(18)19/h4-8H,9H2,1-3H3,(H,18,19). The molecule has 0 aliphatic heterocycles. The number of hydrogen-bond acceptors (Lipinski definition) is 3. The number of benzene rings is 1. The third-order valence-electron chi connectivity index (χ3n) is 2.91. The van der Waals surface area contributed by atoms with Crippen LogP contribution in [0.5, 0.6) is 0 Å². The van der Waals surface area contributed by atoms with Crippen LogP contribution in [0.3, 0.4) is 0 Å². The summed E-state index contributed by atoms with van der Waals surface area (Å²) in [6, 6.07) is 8.23. The van der Waals surface area contributed by atoms with Gasteiger partial charge in [0.1, 0.15) is 0 Å². The molecular weight excluding hydrogens is 270 g/mol. The van der Waals surface area contributed by atoms with Crippen molar-refractivity contribution in [2.75, 3.05) is 0 Å². The van der Waals surface area contributed by atoms with E-state index in [0.29, 0.717) is 0 Å². The molecule has 0 atom stereocenters. The minimum atomic E-state index is -0.930. The largest absolute Gasteiger partial charge is 0.478 e. The number of rotatable bonds is 4. The second kappa shape index (κ2) is 6.09. The second-order valence-corrected chi connectivity index (χ2v) is 5.93. The number of carboxylic acids is 1. The van der Waals surface area contributed by atoms with Crippen molar-refractivity contribution < 1.29 is 9.90 Å². The summed E-state index contributed by atoms with van der Waals surface area (Å²) < 4.78 is 0. The van der Waals surface area contributed by atoms with E-state index >= 15 is 0 Å². The van der Waals surface area contributed by atoms with Crippen molar-refractivity contribution in [2.45, 2.75) is 31.4 Å². The average molecular weight is 287 g/mol. The Labute approximate surface area is 123 Å². The van der Waals surface area contributed by atoms with E-state index in [0.717, 1.165) is 16.3 Å². The van der Waals surface area contributed by atoms with Gasteiger partial charge in [0.15, 0.2) is 0 Å². The van der Waals surface area contributed by atoms with Gasteiger partial charge in [-0.1, -0.05) is 29.3 Å². The lowest BCUT2D eigenvalue weighted by Crippen LogP contribution is -2.01. The molecule has 0 spiro atoms. The van der Waals surface area contributed by atoms with Crippen molar-refractivity contribution in [1.82, 2.24) is 4.98 Å². The number of pyridine rings is 1. The number of carboxylic acid groups (broad SMARTS) is 1.